The van der Waals surface area contributed by atoms with E-state index in [1.165, 1.54) is 12.1 Å². The molecule has 0 atom stereocenters. The van der Waals surface area contributed by atoms with Crippen LogP contribution >= 0.6 is 0 Å². The lowest BCUT2D eigenvalue weighted by atomic mass is 10.2. The molecule has 0 amide bonds. The number of rotatable bonds is 2. The average molecular weight is 254 g/mol. The van der Waals surface area contributed by atoms with E-state index in [0.29, 0.717) is 11.6 Å². The first-order chi connectivity index (χ1) is 8.47. The molecule has 0 aliphatic rings. The Kier molecular flexibility index (Phi) is 3.10. The maximum Gasteiger partial charge on any atom is 0.258 e. The van der Waals surface area contributed by atoms with E-state index in [2.05, 4.69) is 4.98 Å². The second kappa shape index (κ2) is 4.56. The van der Waals surface area contributed by atoms with Crippen LogP contribution < -0.4 is 10.5 Å². The first-order valence-electron chi connectivity index (χ1n) is 5.03. The maximum absolute atomic E-state index is 13.4. The number of aryl methyl sites for hydroxylation is 1. The molecule has 0 fully saturated rings. The minimum absolute atomic E-state index is 0.216. The largest absolute Gasteiger partial charge is 0.436 e. The lowest BCUT2D eigenvalue weighted by Crippen LogP contribution is -2.01. The zero-order valence-electron chi connectivity index (χ0n) is 9.38. The molecule has 0 saturated carbocycles. The number of halogens is 3. The van der Waals surface area contributed by atoms with Crippen LogP contribution in [-0.2, 0) is 0 Å². The zero-order valence-corrected chi connectivity index (χ0v) is 9.38. The van der Waals surface area contributed by atoms with E-state index in [4.69, 9.17) is 10.5 Å². The standard InChI is InChI=1S/C12H9F3N2O/c1-6-4-7(13)2-3-10(6)18-12-9(15)5-8(14)11(16)17-12/h2-5H,1H3,(H2,16,17). The predicted molar refractivity (Wildman–Crippen MR) is 59.8 cm³/mol. The van der Waals surface area contributed by atoms with Crippen molar-refractivity contribution in [2.45, 2.75) is 6.92 Å². The van der Waals surface area contributed by atoms with Gasteiger partial charge in [0.25, 0.3) is 5.88 Å². The highest BCUT2D eigenvalue weighted by Gasteiger charge is 2.13. The molecule has 1 aromatic carbocycles. The molecule has 18 heavy (non-hydrogen) atoms. The van der Waals surface area contributed by atoms with Crippen LogP contribution in [-0.4, -0.2) is 4.98 Å². The Morgan fingerprint density at radius 1 is 1.11 bits per heavy atom. The van der Waals surface area contributed by atoms with Crippen molar-refractivity contribution in [1.82, 2.24) is 4.98 Å². The van der Waals surface area contributed by atoms with E-state index in [-0.39, 0.29) is 5.75 Å². The van der Waals surface area contributed by atoms with Crippen molar-refractivity contribution in [3.05, 3.63) is 47.3 Å². The number of hydrogen-bond acceptors (Lipinski definition) is 3. The van der Waals surface area contributed by atoms with Crippen LogP contribution in [0.2, 0.25) is 0 Å². The molecule has 2 aromatic rings. The molecule has 2 N–H and O–H groups in total. The highest BCUT2D eigenvalue weighted by atomic mass is 19.1. The fraction of sp³-hybridized carbons (Fsp3) is 0.0833. The Bertz CT molecular complexity index is 602. The molecule has 1 aromatic heterocycles. The molecular weight excluding hydrogens is 245 g/mol. The summed E-state index contributed by atoms with van der Waals surface area (Å²) in [5.41, 5.74) is 5.67. The summed E-state index contributed by atoms with van der Waals surface area (Å²) in [5, 5.41) is 0. The van der Waals surface area contributed by atoms with Crippen LogP contribution in [0.1, 0.15) is 5.56 Å². The summed E-state index contributed by atoms with van der Waals surface area (Å²) in [6.07, 6.45) is 0. The second-order valence-electron chi connectivity index (χ2n) is 3.65. The average Bonchev–Trinajstić information content (AvgIpc) is 2.29. The first-order valence-corrected chi connectivity index (χ1v) is 5.03. The molecule has 0 unspecified atom stereocenters. The van der Waals surface area contributed by atoms with Gasteiger partial charge in [-0.1, -0.05) is 0 Å². The minimum Gasteiger partial charge on any atom is -0.436 e. The molecule has 0 bridgehead atoms. The number of pyridine rings is 1. The van der Waals surface area contributed by atoms with Crippen molar-refractivity contribution < 1.29 is 17.9 Å². The van der Waals surface area contributed by atoms with Crippen molar-refractivity contribution in [2.75, 3.05) is 5.73 Å². The van der Waals surface area contributed by atoms with Crippen LogP contribution in [0.3, 0.4) is 0 Å². The minimum atomic E-state index is -0.981. The molecule has 0 aliphatic heterocycles. The van der Waals surface area contributed by atoms with E-state index in [9.17, 15) is 13.2 Å². The summed E-state index contributed by atoms with van der Waals surface area (Å²) in [6, 6.07) is 4.29. The van der Waals surface area contributed by atoms with Gasteiger partial charge in [0.1, 0.15) is 11.6 Å². The van der Waals surface area contributed by atoms with E-state index >= 15 is 0 Å². The fourth-order valence-corrected chi connectivity index (χ4v) is 1.37. The number of aromatic nitrogens is 1. The third-order valence-corrected chi connectivity index (χ3v) is 2.27. The zero-order chi connectivity index (χ0) is 13.3. The summed E-state index contributed by atoms with van der Waals surface area (Å²) in [7, 11) is 0. The van der Waals surface area contributed by atoms with E-state index in [0.717, 1.165) is 6.07 Å². The quantitative estimate of drug-likeness (QED) is 0.895. The molecular formula is C12H9F3N2O. The van der Waals surface area contributed by atoms with Gasteiger partial charge in [-0.15, -0.1) is 0 Å². The Hall–Kier alpha value is -2.24. The number of nitrogens with two attached hydrogens (primary N) is 1. The predicted octanol–water partition coefficient (Wildman–Crippen LogP) is 3.18. The number of benzene rings is 1. The molecule has 0 aliphatic carbocycles. The normalized spacial score (nSPS) is 10.4. The lowest BCUT2D eigenvalue weighted by Gasteiger charge is -2.09. The van der Waals surface area contributed by atoms with Crippen LogP contribution in [0, 0.1) is 24.4 Å². The molecule has 1 heterocycles. The smallest absolute Gasteiger partial charge is 0.258 e. The van der Waals surface area contributed by atoms with Gasteiger partial charge in [-0.3, -0.25) is 0 Å². The Morgan fingerprint density at radius 2 is 1.83 bits per heavy atom. The number of anilines is 1. The van der Waals surface area contributed by atoms with E-state index < -0.39 is 29.1 Å². The number of ether oxygens (including phenoxy) is 1. The highest BCUT2D eigenvalue weighted by Crippen LogP contribution is 2.27. The van der Waals surface area contributed by atoms with Gasteiger partial charge in [0, 0.05) is 6.07 Å². The van der Waals surface area contributed by atoms with Gasteiger partial charge >= 0.3 is 0 Å². The number of hydrogen-bond donors (Lipinski definition) is 1. The molecule has 2 rings (SSSR count). The Morgan fingerprint density at radius 3 is 2.50 bits per heavy atom. The van der Waals surface area contributed by atoms with Crippen LogP contribution in [0.25, 0.3) is 0 Å². The molecule has 3 nitrogen and oxygen atoms in total. The van der Waals surface area contributed by atoms with E-state index in [1.54, 1.807) is 6.92 Å². The first kappa shape index (κ1) is 12.2. The van der Waals surface area contributed by atoms with Crippen molar-refractivity contribution in [3.63, 3.8) is 0 Å². The maximum atomic E-state index is 13.4. The molecule has 0 radical (unpaired) electrons. The Labute approximate surface area is 101 Å². The fourth-order valence-electron chi connectivity index (χ4n) is 1.37. The summed E-state index contributed by atoms with van der Waals surface area (Å²) in [4.78, 5) is 3.44. The van der Waals surface area contributed by atoms with Gasteiger partial charge in [0.15, 0.2) is 17.5 Å². The monoisotopic (exact) mass is 254 g/mol. The van der Waals surface area contributed by atoms with Crippen molar-refractivity contribution in [1.29, 1.82) is 0 Å². The molecule has 0 saturated heterocycles. The number of nitrogens with zero attached hydrogens (tertiary/aromatic N) is 1. The summed E-state index contributed by atoms with van der Waals surface area (Å²) < 4.78 is 44.3. The SMILES string of the molecule is Cc1cc(F)ccc1Oc1nc(N)c(F)cc1F. The van der Waals surface area contributed by atoms with Crippen molar-refractivity contribution >= 4 is 5.82 Å². The van der Waals surface area contributed by atoms with Gasteiger partial charge in [0.05, 0.1) is 0 Å². The van der Waals surface area contributed by atoms with Crippen LogP contribution in [0.4, 0.5) is 19.0 Å². The molecule has 94 valence electrons. The van der Waals surface area contributed by atoms with Gasteiger partial charge < -0.3 is 10.5 Å². The topological polar surface area (TPSA) is 48.1 Å². The number of nitrogen functional groups attached to an aromatic ring is 1. The highest BCUT2D eigenvalue weighted by molar-refractivity contribution is 5.39. The third-order valence-electron chi connectivity index (χ3n) is 2.27. The van der Waals surface area contributed by atoms with Crippen molar-refractivity contribution in [3.8, 4) is 11.6 Å². The van der Waals surface area contributed by atoms with Crippen LogP contribution in [0.15, 0.2) is 24.3 Å². The van der Waals surface area contributed by atoms with E-state index in [1.807, 2.05) is 0 Å². The van der Waals surface area contributed by atoms with Crippen LogP contribution in [0.5, 0.6) is 11.6 Å². The third kappa shape index (κ3) is 2.37. The molecule has 6 heteroatoms. The van der Waals surface area contributed by atoms with Gasteiger partial charge in [-0.2, -0.15) is 4.98 Å². The van der Waals surface area contributed by atoms with Gasteiger partial charge in [0.2, 0.25) is 0 Å². The summed E-state index contributed by atoms with van der Waals surface area (Å²) in [5.74, 6) is -3.09. The Balaban J connectivity index is 2.37. The van der Waals surface area contributed by atoms with Crippen molar-refractivity contribution in [2.24, 2.45) is 0 Å². The summed E-state index contributed by atoms with van der Waals surface area (Å²) in [6.45, 7) is 1.59. The van der Waals surface area contributed by atoms with Gasteiger partial charge in [-0.05, 0) is 30.7 Å². The van der Waals surface area contributed by atoms with Gasteiger partial charge in [-0.25, -0.2) is 13.2 Å². The lowest BCUT2D eigenvalue weighted by molar-refractivity contribution is 0.415. The molecule has 0 spiro atoms. The second-order valence-corrected chi connectivity index (χ2v) is 3.65. The summed E-state index contributed by atoms with van der Waals surface area (Å²) >= 11 is 0.